The first-order valence-electron chi connectivity index (χ1n) is 13.0. The second-order valence-electron chi connectivity index (χ2n) is 10.8. The van der Waals surface area contributed by atoms with Crippen molar-refractivity contribution in [3.63, 3.8) is 0 Å². The minimum atomic E-state index is -1.43. The number of aliphatic carboxylic acids is 1. The summed E-state index contributed by atoms with van der Waals surface area (Å²) < 4.78 is 31.7. The fourth-order valence-corrected chi connectivity index (χ4v) is 4.26. The van der Waals surface area contributed by atoms with Crippen LogP contribution in [0.4, 0.5) is 14.9 Å². The topological polar surface area (TPSA) is 161 Å². The molecule has 1 unspecified atom stereocenters. The van der Waals surface area contributed by atoms with E-state index in [4.69, 9.17) is 24.2 Å². The van der Waals surface area contributed by atoms with Gasteiger partial charge in [0.25, 0.3) is 0 Å². The maximum absolute atomic E-state index is 15.1. The third-order valence-electron chi connectivity index (χ3n) is 6.11. The molecule has 0 bridgehead atoms. The lowest BCUT2D eigenvalue weighted by atomic mass is 9.90. The molecule has 0 spiro atoms. The number of carboxylic acids is 1. The number of carbonyl (C=O) groups excluding carboxylic acids is 4. The zero-order chi connectivity index (χ0) is 30.4. The van der Waals surface area contributed by atoms with Crippen LogP contribution in [0.5, 0.6) is 5.75 Å². The van der Waals surface area contributed by atoms with Gasteiger partial charge in [0, 0.05) is 25.8 Å². The fraction of sp³-hybridized carbons (Fsp3) is 0.556. The summed E-state index contributed by atoms with van der Waals surface area (Å²) in [5.74, 6) is -1.49. The number of hydrogen-bond donors (Lipinski definition) is 2. The van der Waals surface area contributed by atoms with E-state index in [-0.39, 0.29) is 62.1 Å². The zero-order valence-electron chi connectivity index (χ0n) is 23.4. The Morgan fingerprint density at radius 2 is 2.00 bits per heavy atom. The Labute approximate surface area is 236 Å². The minimum Gasteiger partial charge on any atom is -0.486 e. The van der Waals surface area contributed by atoms with Gasteiger partial charge in [-0.3, -0.25) is 24.1 Å². The molecule has 2 heterocycles. The standard InChI is InChI=1S/C27H34FN3O10/c1-17(33)29-13-20-14-30(25(37)39-20)18-5-6-22(21(28)11-18)38-16-27(40-24(36)8-7-23(34)35)9-10-31(19(12-27)15-32)41-26(2,3)4/h5-6,11,20H,7-10,12-14,16H2,1-4H3,(H,29,33)(H,34,35)/t20-,27?/m0/s1. The van der Waals surface area contributed by atoms with Crippen LogP contribution < -0.4 is 15.0 Å². The molecule has 2 N–H and O–H groups in total. The van der Waals surface area contributed by atoms with Gasteiger partial charge < -0.3 is 24.6 Å². The van der Waals surface area contributed by atoms with Crippen molar-refractivity contribution in [2.75, 3.05) is 31.1 Å². The van der Waals surface area contributed by atoms with Crippen molar-refractivity contribution in [3.8, 4) is 5.75 Å². The average molecular weight is 580 g/mol. The molecule has 0 aliphatic carbocycles. The second kappa shape index (κ2) is 13.0. The molecule has 3 rings (SSSR count). The van der Waals surface area contributed by atoms with Gasteiger partial charge in [-0.1, -0.05) is 0 Å². The van der Waals surface area contributed by atoms with Crippen LogP contribution in [0.1, 0.15) is 53.4 Å². The number of piperidine rings is 1. The Balaban J connectivity index is 1.75. The van der Waals surface area contributed by atoms with E-state index in [1.807, 2.05) is 0 Å². The predicted octanol–water partition coefficient (Wildman–Crippen LogP) is 2.35. The average Bonchev–Trinajstić information content (AvgIpc) is 3.26. The number of amides is 2. The van der Waals surface area contributed by atoms with Gasteiger partial charge in [-0.15, -0.1) is 0 Å². The number of carboxylic acid groups (broad SMARTS) is 1. The number of halogens is 1. The van der Waals surface area contributed by atoms with Gasteiger partial charge in [0.05, 0.1) is 43.8 Å². The third kappa shape index (κ3) is 8.92. The van der Waals surface area contributed by atoms with E-state index >= 15 is 4.39 Å². The maximum Gasteiger partial charge on any atom is 0.414 e. The first kappa shape index (κ1) is 31.4. The molecule has 2 aliphatic rings. The molecule has 2 amide bonds. The number of esters is 1. The van der Waals surface area contributed by atoms with Gasteiger partial charge in [-0.05, 0) is 32.9 Å². The van der Waals surface area contributed by atoms with Crippen LogP contribution in [-0.2, 0) is 33.5 Å². The van der Waals surface area contributed by atoms with E-state index in [1.54, 1.807) is 26.7 Å². The minimum absolute atomic E-state index is 0.0537. The van der Waals surface area contributed by atoms with Crippen molar-refractivity contribution >= 4 is 35.6 Å². The molecular weight excluding hydrogens is 545 g/mol. The summed E-state index contributed by atoms with van der Waals surface area (Å²) in [5, 5.41) is 12.8. The molecule has 13 nitrogen and oxygen atoms in total. The van der Waals surface area contributed by atoms with Crippen molar-refractivity contribution in [2.24, 2.45) is 0 Å². The highest BCUT2D eigenvalue weighted by molar-refractivity contribution is 5.90. The number of rotatable bonds is 11. The molecule has 2 fully saturated rings. The number of ether oxygens (including phenoxy) is 3. The monoisotopic (exact) mass is 579 g/mol. The van der Waals surface area contributed by atoms with E-state index in [0.29, 0.717) is 0 Å². The molecule has 2 saturated heterocycles. The molecule has 1 aromatic carbocycles. The maximum atomic E-state index is 15.1. The van der Waals surface area contributed by atoms with Crippen molar-refractivity contribution in [3.05, 3.63) is 29.7 Å². The number of anilines is 1. The zero-order valence-corrected chi connectivity index (χ0v) is 23.4. The van der Waals surface area contributed by atoms with Gasteiger partial charge in [0.2, 0.25) is 5.91 Å². The quantitative estimate of drug-likeness (QED) is 0.292. The van der Waals surface area contributed by atoms with Gasteiger partial charge in [0.1, 0.15) is 24.3 Å². The lowest BCUT2D eigenvalue weighted by molar-refractivity contribution is -0.231. The Morgan fingerprint density at radius 1 is 1.27 bits per heavy atom. The van der Waals surface area contributed by atoms with Crippen LogP contribution in [0.15, 0.2) is 23.9 Å². The largest absolute Gasteiger partial charge is 0.486 e. The smallest absolute Gasteiger partial charge is 0.414 e. The molecule has 41 heavy (non-hydrogen) atoms. The van der Waals surface area contributed by atoms with Crippen molar-refractivity contribution in [1.82, 2.24) is 10.4 Å². The van der Waals surface area contributed by atoms with Crippen LogP contribution in [0.3, 0.4) is 0 Å². The number of nitrogens with one attached hydrogen (secondary N) is 1. The number of benzene rings is 1. The summed E-state index contributed by atoms with van der Waals surface area (Å²) in [6.45, 7) is 6.70. The number of carbonyl (C=O) groups is 4. The Hall–Kier alpha value is -4.16. The van der Waals surface area contributed by atoms with E-state index in [1.165, 1.54) is 29.0 Å². The highest BCUT2D eigenvalue weighted by Gasteiger charge is 2.44. The lowest BCUT2D eigenvalue weighted by Crippen LogP contribution is -2.51. The number of nitrogens with zero attached hydrogens (tertiary/aromatic N) is 2. The van der Waals surface area contributed by atoms with Crippen LogP contribution in [0.25, 0.3) is 0 Å². The van der Waals surface area contributed by atoms with Crippen LogP contribution >= 0.6 is 0 Å². The number of hydrogen-bond acceptors (Lipinski definition) is 10. The van der Waals surface area contributed by atoms with Crippen LogP contribution in [0.2, 0.25) is 0 Å². The summed E-state index contributed by atoms with van der Waals surface area (Å²) in [6, 6.07) is 3.83. The molecule has 224 valence electrons. The first-order valence-corrected chi connectivity index (χ1v) is 13.0. The molecule has 2 aliphatic heterocycles. The summed E-state index contributed by atoms with van der Waals surface area (Å²) >= 11 is 0. The van der Waals surface area contributed by atoms with E-state index in [0.717, 1.165) is 6.07 Å². The summed E-state index contributed by atoms with van der Waals surface area (Å²) in [6.07, 6.45) is -2.20. The third-order valence-corrected chi connectivity index (χ3v) is 6.11. The van der Waals surface area contributed by atoms with E-state index in [9.17, 15) is 24.0 Å². The summed E-state index contributed by atoms with van der Waals surface area (Å²) in [7, 11) is 0. The second-order valence-corrected chi connectivity index (χ2v) is 10.8. The molecule has 2 atom stereocenters. The molecule has 0 radical (unpaired) electrons. The molecule has 0 aromatic heterocycles. The lowest BCUT2D eigenvalue weighted by Gasteiger charge is -2.42. The normalized spacial score (nSPS) is 20.8. The number of hydroxylamine groups is 2. The predicted molar refractivity (Wildman–Crippen MR) is 140 cm³/mol. The Morgan fingerprint density at radius 3 is 2.61 bits per heavy atom. The van der Waals surface area contributed by atoms with Crippen LogP contribution in [0, 0.1) is 5.82 Å². The highest BCUT2D eigenvalue weighted by atomic mass is 19.1. The molecule has 0 saturated carbocycles. The van der Waals surface area contributed by atoms with Crippen molar-refractivity contribution in [2.45, 2.75) is 70.7 Å². The van der Waals surface area contributed by atoms with E-state index < -0.39 is 54.0 Å². The van der Waals surface area contributed by atoms with Crippen LogP contribution in [-0.4, -0.2) is 83.6 Å². The SMILES string of the molecule is CC(=O)NC[C@H]1CN(c2ccc(OCC3(OC(=O)CCC(=O)O)CCN(OC(C)(C)C)C(=C=O)C3)c(F)c2)C(=O)O1. The molecular formula is C27H34FN3O10. The van der Waals surface area contributed by atoms with Crippen molar-refractivity contribution < 1.29 is 52.5 Å². The van der Waals surface area contributed by atoms with Gasteiger partial charge in [-0.2, -0.15) is 0 Å². The summed E-state index contributed by atoms with van der Waals surface area (Å²) in [4.78, 5) is 65.6. The Bertz CT molecular complexity index is 1230. The molecule has 14 heteroatoms. The number of cyclic esters (lactones) is 1. The first-order chi connectivity index (χ1) is 19.2. The van der Waals surface area contributed by atoms with Gasteiger partial charge in [-0.25, -0.2) is 19.0 Å². The highest BCUT2D eigenvalue weighted by Crippen LogP contribution is 2.35. The fourth-order valence-electron chi connectivity index (χ4n) is 4.26. The van der Waals surface area contributed by atoms with Gasteiger partial charge in [0.15, 0.2) is 17.2 Å². The van der Waals surface area contributed by atoms with Gasteiger partial charge >= 0.3 is 18.0 Å². The van der Waals surface area contributed by atoms with E-state index in [2.05, 4.69) is 5.32 Å². The summed E-state index contributed by atoms with van der Waals surface area (Å²) in [5.41, 5.74) is -1.80. The van der Waals surface area contributed by atoms with Crippen molar-refractivity contribution in [1.29, 1.82) is 0 Å². The molecule has 1 aromatic rings. The Kier molecular flexibility index (Phi) is 9.95.